The molecule has 0 atom stereocenters. The zero-order chi connectivity index (χ0) is 14.9. The molecule has 0 heterocycles. The van der Waals surface area contributed by atoms with Crippen LogP contribution in [0.25, 0.3) is 0 Å². The Labute approximate surface area is 126 Å². The molecular formula is C19H22O2. The van der Waals surface area contributed by atoms with E-state index in [-0.39, 0.29) is 6.10 Å². The lowest BCUT2D eigenvalue weighted by Gasteiger charge is -2.41. The molecule has 0 spiro atoms. The van der Waals surface area contributed by atoms with Crippen molar-refractivity contribution >= 4 is 0 Å². The Kier molecular flexibility index (Phi) is 3.83. The van der Waals surface area contributed by atoms with Crippen LogP contribution in [0.4, 0.5) is 0 Å². The van der Waals surface area contributed by atoms with E-state index in [0.717, 1.165) is 0 Å². The van der Waals surface area contributed by atoms with Crippen LogP contribution < -0.4 is 0 Å². The number of hydrogen-bond acceptors (Lipinski definition) is 2. The predicted molar refractivity (Wildman–Crippen MR) is 84.4 cm³/mol. The molecule has 0 saturated carbocycles. The summed E-state index contributed by atoms with van der Waals surface area (Å²) in [6, 6.07) is 16.9. The number of ether oxygens (including phenoxy) is 2. The van der Waals surface area contributed by atoms with Gasteiger partial charge < -0.3 is 9.47 Å². The largest absolute Gasteiger partial charge is 0.369 e. The first kappa shape index (κ1) is 14.3. The third-order valence-corrected chi connectivity index (χ3v) is 4.28. The van der Waals surface area contributed by atoms with Crippen molar-refractivity contribution in [3.8, 4) is 0 Å². The molecule has 2 aromatic carbocycles. The first-order valence-electron chi connectivity index (χ1n) is 7.66. The Hall–Kier alpha value is -1.64. The molecule has 0 aliphatic heterocycles. The monoisotopic (exact) mass is 282 g/mol. The Morgan fingerprint density at radius 1 is 0.857 bits per heavy atom. The maximum absolute atomic E-state index is 6.19. The molecule has 1 aliphatic carbocycles. The molecule has 2 aromatic rings. The van der Waals surface area contributed by atoms with Gasteiger partial charge in [0.05, 0.1) is 0 Å². The van der Waals surface area contributed by atoms with Crippen molar-refractivity contribution in [3.05, 3.63) is 70.8 Å². The summed E-state index contributed by atoms with van der Waals surface area (Å²) in [5.74, 6) is 0. The minimum Gasteiger partial charge on any atom is -0.369 e. The molecule has 2 nitrogen and oxygen atoms in total. The molecule has 0 unspecified atom stereocenters. The summed E-state index contributed by atoms with van der Waals surface area (Å²) >= 11 is 0. The third-order valence-electron chi connectivity index (χ3n) is 4.28. The van der Waals surface area contributed by atoms with E-state index in [0.29, 0.717) is 13.2 Å². The van der Waals surface area contributed by atoms with Crippen molar-refractivity contribution in [2.45, 2.75) is 32.5 Å². The normalized spacial score (nSPS) is 23.5. The fourth-order valence-electron chi connectivity index (χ4n) is 3.42. The summed E-state index contributed by atoms with van der Waals surface area (Å²) in [7, 11) is 0. The Morgan fingerprint density at radius 2 is 1.38 bits per heavy atom. The van der Waals surface area contributed by atoms with Crippen LogP contribution in [0.5, 0.6) is 0 Å². The first-order chi connectivity index (χ1) is 10.2. The van der Waals surface area contributed by atoms with E-state index >= 15 is 0 Å². The molecular weight excluding hydrogens is 260 g/mol. The van der Waals surface area contributed by atoms with Crippen LogP contribution in [0.15, 0.2) is 48.5 Å². The van der Waals surface area contributed by atoms with Crippen molar-refractivity contribution in [1.29, 1.82) is 0 Å². The lowest BCUT2D eigenvalue weighted by atomic mass is 9.74. The van der Waals surface area contributed by atoms with E-state index in [2.05, 4.69) is 55.5 Å². The van der Waals surface area contributed by atoms with E-state index in [9.17, 15) is 0 Å². The van der Waals surface area contributed by atoms with Crippen LogP contribution in [0, 0.1) is 0 Å². The van der Waals surface area contributed by atoms with Crippen molar-refractivity contribution in [3.63, 3.8) is 0 Å². The van der Waals surface area contributed by atoms with Gasteiger partial charge in [-0.15, -0.1) is 0 Å². The minimum absolute atomic E-state index is 0.00377. The fraction of sp³-hybridized carbons (Fsp3) is 0.368. The lowest BCUT2D eigenvalue weighted by Crippen LogP contribution is -2.35. The second-order valence-corrected chi connectivity index (χ2v) is 5.48. The molecule has 0 N–H and O–H groups in total. The molecule has 0 saturated heterocycles. The van der Waals surface area contributed by atoms with Crippen molar-refractivity contribution in [1.82, 2.24) is 0 Å². The molecule has 0 amide bonds. The molecule has 0 fully saturated rings. The van der Waals surface area contributed by atoms with E-state index in [1.807, 2.05) is 13.8 Å². The minimum atomic E-state index is -0.407. The molecule has 2 heteroatoms. The van der Waals surface area contributed by atoms with Crippen LogP contribution in [0.2, 0.25) is 0 Å². The van der Waals surface area contributed by atoms with Crippen LogP contribution in [-0.4, -0.2) is 13.2 Å². The zero-order valence-corrected chi connectivity index (χ0v) is 12.9. The first-order valence-corrected chi connectivity index (χ1v) is 7.66. The van der Waals surface area contributed by atoms with Gasteiger partial charge in [-0.2, -0.15) is 0 Å². The summed E-state index contributed by atoms with van der Waals surface area (Å²) in [5, 5.41) is 0. The smallest absolute Gasteiger partial charge is 0.116 e. The average molecular weight is 282 g/mol. The highest BCUT2D eigenvalue weighted by atomic mass is 16.5. The summed E-state index contributed by atoms with van der Waals surface area (Å²) in [6.45, 7) is 7.63. The van der Waals surface area contributed by atoms with E-state index in [1.165, 1.54) is 22.3 Å². The van der Waals surface area contributed by atoms with Crippen LogP contribution in [-0.2, 0) is 15.1 Å². The zero-order valence-electron chi connectivity index (χ0n) is 12.9. The van der Waals surface area contributed by atoms with Crippen molar-refractivity contribution < 1.29 is 9.47 Å². The fourth-order valence-corrected chi connectivity index (χ4v) is 3.42. The van der Waals surface area contributed by atoms with Gasteiger partial charge in [0.1, 0.15) is 11.7 Å². The van der Waals surface area contributed by atoms with E-state index < -0.39 is 5.60 Å². The highest BCUT2D eigenvalue weighted by molar-refractivity contribution is 5.53. The second kappa shape index (κ2) is 5.63. The molecule has 0 aromatic heterocycles. The van der Waals surface area contributed by atoms with Gasteiger partial charge in [0.25, 0.3) is 0 Å². The number of hydrogen-bond donors (Lipinski definition) is 0. The standard InChI is InChI=1S/C19H22O2/c1-4-20-18-14-10-6-8-12-16(14)19(3,21-5-2)17-13-9-7-11-15(17)18/h6-13,18H,4-5H2,1-3H3. The highest BCUT2D eigenvalue weighted by Gasteiger charge is 2.41. The van der Waals surface area contributed by atoms with Crippen molar-refractivity contribution in [2.24, 2.45) is 0 Å². The van der Waals surface area contributed by atoms with Crippen LogP contribution >= 0.6 is 0 Å². The number of rotatable bonds is 4. The average Bonchev–Trinajstić information content (AvgIpc) is 2.52. The van der Waals surface area contributed by atoms with Gasteiger partial charge >= 0.3 is 0 Å². The lowest BCUT2D eigenvalue weighted by molar-refractivity contribution is -0.00888. The summed E-state index contributed by atoms with van der Waals surface area (Å²) in [4.78, 5) is 0. The second-order valence-electron chi connectivity index (χ2n) is 5.48. The Bertz CT molecular complexity index is 585. The molecule has 110 valence electrons. The van der Waals surface area contributed by atoms with Gasteiger partial charge in [0.2, 0.25) is 0 Å². The van der Waals surface area contributed by atoms with Gasteiger partial charge in [-0.05, 0) is 43.0 Å². The molecule has 3 rings (SSSR count). The molecule has 0 bridgehead atoms. The maximum atomic E-state index is 6.19. The van der Waals surface area contributed by atoms with Gasteiger partial charge in [-0.1, -0.05) is 48.5 Å². The SMILES string of the molecule is CCOC1c2ccccc2C(C)(OCC)c2ccccc21. The maximum Gasteiger partial charge on any atom is 0.116 e. The Balaban J connectivity index is 2.25. The van der Waals surface area contributed by atoms with Gasteiger partial charge in [-0.3, -0.25) is 0 Å². The number of benzene rings is 2. The predicted octanol–water partition coefficient (Wildman–Crippen LogP) is 4.43. The Morgan fingerprint density at radius 3 is 1.86 bits per heavy atom. The quantitative estimate of drug-likeness (QED) is 0.826. The topological polar surface area (TPSA) is 18.5 Å². The summed E-state index contributed by atoms with van der Waals surface area (Å²) in [6.07, 6.45) is -0.00377. The van der Waals surface area contributed by atoms with Gasteiger partial charge in [-0.25, -0.2) is 0 Å². The van der Waals surface area contributed by atoms with E-state index in [4.69, 9.17) is 9.47 Å². The van der Waals surface area contributed by atoms with Crippen LogP contribution in [0.1, 0.15) is 49.1 Å². The summed E-state index contributed by atoms with van der Waals surface area (Å²) in [5.41, 5.74) is 4.45. The molecule has 21 heavy (non-hydrogen) atoms. The number of fused-ring (bicyclic) bond motifs is 2. The third kappa shape index (κ3) is 2.19. The van der Waals surface area contributed by atoms with Gasteiger partial charge in [0.15, 0.2) is 0 Å². The molecule has 0 radical (unpaired) electrons. The summed E-state index contributed by atoms with van der Waals surface area (Å²) < 4.78 is 12.2. The van der Waals surface area contributed by atoms with Crippen molar-refractivity contribution in [2.75, 3.05) is 13.2 Å². The van der Waals surface area contributed by atoms with Gasteiger partial charge in [0, 0.05) is 13.2 Å². The van der Waals surface area contributed by atoms with Crippen LogP contribution in [0.3, 0.4) is 0 Å². The molecule has 1 aliphatic rings. The van der Waals surface area contributed by atoms with E-state index in [1.54, 1.807) is 0 Å². The highest BCUT2D eigenvalue weighted by Crippen LogP contribution is 2.47.